The third-order valence-electron chi connectivity index (χ3n) is 13.9. The van der Waals surface area contributed by atoms with Gasteiger partial charge in [0.15, 0.2) is 0 Å². The van der Waals surface area contributed by atoms with Gasteiger partial charge < -0.3 is 41.7 Å². The molecule has 2 aliphatic rings. The van der Waals surface area contributed by atoms with E-state index in [2.05, 4.69) is 31.9 Å². The lowest BCUT2D eigenvalue weighted by Gasteiger charge is -2.36. The van der Waals surface area contributed by atoms with Gasteiger partial charge in [0.2, 0.25) is 35.4 Å². The van der Waals surface area contributed by atoms with Crippen LogP contribution in [0.5, 0.6) is 0 Å². The molecule has 73 heavy (non-hydrogen) atoms. The number of benzene rings is 2. The summed E-state index contributed by atoms with van der Waals surface area (Å²) in [4.78, 5) is 95.6. The minimum Gasteiger partial charge on any atom is -0.351 e. The summed E-state index contributed by atoms with van der Waals surface area (Å²) in [7, 11) is 3.41. The summed E-state index contributed by atoms with van der Waals surface area (Å²) in [5, 5.41) is 23.9. The number of unbranched alkanes of at least 4 members (excludes halogenated alkanes) is 4. The molecule has 0 saturated carbocycles. The molecule has 0 aliphatic carbocycles. The second-order valence-electron chi connectivity index (χ2n) is 21.8. The van der Waals surface area contributed by atoms with Crippen LogP contribution in [0.3, 0.4) is 0 Å². The first-order chi connectivity index (χ1) is 34.7. The van der Waals surface area contributed by atoms with Crippen molar-refractivity contribution in [1.29, 1.82) is 0 Å². The predicted octanol–water partition coefficient (Wildman–Crippen LogP) is 7.16. The van der Waals surface area contributed by atoms with E-state index >= 15 is 0 Å². The molecule has 6 N–H and O–H groups in total. The molecule has 2 aromatic heterocycles. The van der Waals surface area contributed by atoms with Crippen LogP contribution >= 0.6 is 22.7 Å². The zero-order chi connectivity index (χ0) is 53.0. The van der Waals surface area contributed by atoms with Gasteiger partial charge in [-0.05, 0) is 64.5 Å². The van der Waals surface area contributed by atoms with E-state index in [0.29, 0.717) is 51.6 Å². The zero-order valence-corrected chi connectivity index (χ0v) is 46.0. The van der Waals surface area contributed by atoms with Gasteiger partial charge in [0, 0.05) is 59.9 Å². The summed E-state index contributed by atoms with van der Waals surface area (Å²) in [6, 6.07) is 15.9. The number of nitrogens with one attached hydrogen (secondary N) is 6. The van der Waals surface area contributed by atoms with E-state index in [-0.39, 0.29) is 59.6 Å². The molecule has 2 fully saturated rings. The van der Waals surface area contributed by atoms with Gasteiger partial charge in [-0.3, -0.25) is 28.8 Å². The number of carbonyl (C=O) groups is 6. The molecule has 0 spiro atoms. The Morgan fingerprint density at radius 1 is 0.575 bits per heavy atom. The molecule has 18 heteroatoms. The number of hydrogen-bond acceptors (Lipinski definition) is 12. The van der Waals surface area contributed by atoms with Crippen molar-refractivity contribution in [3.8, 4) is 22.5 Å². The Balaban J connectivity index is 1.00. The van der Waals surface area contributed by atoms with Gasteiger partial charge in [0.25, 0.3) is 0 Å². The summed E-state index contributed by atoms with van der Waals surface area (Å²) in [6.45, 7) is 15.7. The van der Waals surface area contributed by atoms with Crippen LogP contribution in [-0.4, -0.2) is 119 Å². The molecule has 2 aliphatic heterocycles. The molecule has 2 saturated heterocycles. The van der Waals surface area contributed by atoms with Gasteiger partial charge in [-0.15, -0.1) is 22.7 Å². The average molecular weight is 1040 g/mol. The predicted molar refractivity (Wildman–Crippen MR) is 289 cm³/mol. The molecule has 4 aromatic rings. The van der Waals surface area contributed by atoms with Crippen molar-refractivity contribution in [2.45, 2.75) is 162 Å². The molecular formula is C55H78N10O6S2. The van der Waals surface area contributed by atoms with Crippen LogP contribution in [0.2, 0.25) is 0 Å². The Morgan fingerprint density at radius 3 is 1.27 bits per heavy atom. The highest BCUT2D eigenvalue weighted by Gasteiger charge is 2.46. The largest absolute Gasteiger partial charge is 0.351 e. The van der Waals surface area contributed by atoms with Crippen molar-refractivity contribution in [1.82, 2.24) is 51.7 Å². The summed E-state index contributed by atoms with van der Waals surface area (Å²) >= 11 is 2.99. The smallest absolute Gasteiger partial charge is 0.246 e. The third kappa shape index (κ3) is 15.3. The lowest BCUT2D eigenvalue weighted by Crippen LogP contribution is -2.57. The number of thiazole rings is 2. The average Bonchev–Trinajstić information content (AvgIpc) is 4.20. The molecule has 8 unspecified atom stereocenters. The van der Waals surface area contributed by atoms with E-state index in [1.54, 1.807) is 37.7 Å². The minimum absolute atomic E-state index is 0.0785. The van der Waals surface area contributed by atoms with Gasteiger partial charge >= 0.3 is 0 Å². The number of nitrogens with zero attached hydrogens (tertiary/aromatic N) is 4. The zero-order valence-electron chi connectivity index (χ0n) is 44.4. The summed E-state index contributed by atoms with van der Waals surface area (Å²) in [5.41, 5.74) is 2.44. The standard InChI is InChI=1S/C55H78N10O6S2/c1-34(56-9)48(68)62-46(54(3,4)5)52(70)64-30-38(28-42(64)50-60-40(32-72-50)36-22-16-14-17-23-36)58-44(66)26-20-12-11-13-21-27-45(67)59-39-29-43(51-61-41(33-73-51)37-24-18-15-19-25-37)65(31-39)53(71)47(55(6,7)8)63-49(69)35(2)57-10/h14-19,22-25,32-35,38-39,42-43,46-47,56-57H,11-13,20-21,26-31H2,1-10H3,(H,58,66)(H,59,67)(H,62,68)(H,63,69). The number of hydrogen-bond donors (Lipinski definition) is 6. The summed E-state index contributed by atoms with van der Waals surface area (Å²) < 4.78 is 0. The Kier molecular flexibility index (Phi) is 19.9. The molecular weight excluding hydrogens is 961 g/mol. The molecule has 0 bridgehead atoms. The van der Waals surface area contributed by atoms with Crippen LogP contribution in [0.1, 0.15) is 135 Å². The normalized spacial score (nSPS) is 19.7. The van der Waals surface area contributed by atoms with Crippen molar-refractivity contribution < 1.29 is 28.8 Å². The molecule has 6 rings (SSSR count). The molecule has 16 nitrogen and oxygen atoms in total. The Hall–Kier alpha value is -5.56. The van der Waals surface area contributed by atoms with Crippen LogP contribution in [0, 0.1) is 10.8 Å². The number of rotatable bonds is 22. The topological polar surface area (TPSA) is 207 Å². The molecule has 0 radical (unpaired) electrons. The summed E-state index contributed by atoms with van der Waals surface area (Å²) in [6.07, 6.45) is 5.56. The van der Waals surface area contributed by atoms with Crippen LogP contribution in [-0.2, 0) is 28.8 Å². The number of amides is 6. The van der Waals surface area contributed by atoms with Crippen molar-refractivity contribution in [3.05, 3.63) is 81.4 Å². The van der Waals surface area contributed by atoms with Gasteiger partial charge in [0.05, 0.1) is 35.6 Å². The van der Waals surface area contributed by atoms with Crippen molar-refractivity contribution in [3.63, 3.8) is 0 Å². The van der Waals surface area contributed by atoms with Gasteiger partial charge in [-0.1, -0.05) is 121 Å². The Labute approximate surface area is 440 Å². The molecule has 8 atom stereocenters. The maximum Gasteiger partial charge on any atom is 0.246 e. The summed E-state index contributed by atoms with van der Waals surface area (Å²) in [5.74, 6) is -1.10. The molecule has 4 heterocycles. The Bertz CT molecular complexity index is 2320. The van der Waals surface area contributed by atoms with Crippen molar-refractivity contribution in [2.24, 2.45) is 10.8 Å². The fourth-order valence-corrected chi connectivity index (χ4v) is 11.2. The highest BCUT2D eigenvalue weighted by atomic mass is 32.1. The number of aromatic nitrogens is 2. The SMILES string of the molecule is CNC(C)C(=O)NC(C(=O)N1CC(NC(=O)CCCCCCCC(=O)NC2CC(c3nc(-c4ccccc4)cs3)N(C(=O)C(NC(=O)C(C)NC)C(C)(C)C)C2)CC1c1nc(-c2ccccc2)cs1)C(C)(C)C. The van der Waals surface area contributed by atoms with E-state index < -0.39 is 35.0 Å². The highest BCUT2D eigenvalue weighted by molar-refractivity contribution is 7.10. The minimum atomic E-state index is -0.799. The maximum absolute atomic E-state index is 14.5. The molecule has 396 valence electrons. The van der Waals surface area contributed by atoms with Crippen LogP contribution in [0.4, 0.5) is 0 Å². The first-order valence-corrected chi connectivity index (χ1v) is 27.6. The molecule has 2 aromatic carbocycles. The Morgan fingerprint density at radius 2 is 0.932 bits per heavy atom. The van der Waals surface area contributed by atoms with E-state index in [1.165, 1.54) is 22.7 Å². The number of likely N-dealkylation sites (N-methyl/N-ethyl adjacent to an activating group) is 2. The lowest BCUT2D eigenvalue weighted by molar-refractivity contribution is -0.141. The number of likely N-dealkylation sites (tertiary alicyclic amines) is 2. The third-order valence-corrected chi connectivity index (χ3v) is 15.8. The quantitative estimate of drug-likeness (QED) is 0.0438. The van der Waals surface area contributed by atoms with Gasteiger partial charge in [0.1, 0.15) is 22.1 Å². The number of carbonyl (C=O) groups excluding carboxylic acids is 6. The fraction of sp³-hybridized carbons (Fsp3) is 0.564. The fourth-order valence-electron chi connectivity index (χ4n) is 9.33. The van der Waals surface area contributed by atoms with Crippen LogP contribution in [0.15, 0.2) is 71.4 Å². The second kappa shape index (κ2) is 25.6. The highest BCUT2D eigenvalue weighted by Crippen LogP contribution is 2.39. The van der Waals surface area contributed by atoms with Gasteiger partial charge in [-0.2, -0.15) is 0 Å². The van der Waals surface area contributed by atoms with Crippen LogP contribution in [0.25, 0.3) is 22.5 Å². The first kappa shape index (κ1) is 56.7. The maximum atomic E-state index is 14.5. The van der Waals surface area contributed by atoms with E-state index in [9.17, 15) is 28.8 Å². The van der Waals surface area contributed by atoms with E-state index in [1.807, 2.05) is 113 Å². The van der Waals surface area contributed by atoms with Crippen molar-refractivity contribution in [2.75, 3.05) is 27.2 Å². The lowest BCUT2D eigenvalue weighted by atomic mass is 9.85. The monoisotopic (exact) mass is 1040 g/mol. The second-order valence-corrected chi connectivity index (χ2v) is 23.6. The first-order valence-electron chi connectivity index (χ1n) is 25.8. The van der Waals surface area contributed by atoms with E-state index in [4.69, 9.17) is 9.97 Å². The van der Waals surface area contributed by atoms with E-state index in [0.717, 1.165) is 51.8 Å². The van der Waals surface area contributed by atoms with Crippen molar-refractivity contribution >= 4 is 58.1 Å². The molecule has 6 amide bonds. The van der Waals surface area contributed by atoms with Gasteiger partial charge in [-0.25, -0.2) is 9.97 Å². The van der Waals surface area contributed by atoms with Crippen LogP contribution < -0.4 is 31.9 Å².